The second-order valence-electron chi connectivity index (χ2n) is 5.66. The van der Waals surface area contributed by atoms with Gasteiger partial charge >= 0.3 is 0 Å². The molecule has 1 atom stereocenters. The van der Waals surface area contributed by atoms with E-state index < -0.39 is 16.1 Å². The van der Waals surface area contributed by atoms with Gasteiger partial charge in [0.2, 0.25) is 15.9 Å². The van der Waals surface area contributed by atoms with Crippen LogP contribution in [0.4, 0.5) is 5.69 Å². The molecular weight excluding hydrogens is 328 g/mol. The predicted molar refractivity (Wildman–Crippen MR) is 96.7 cm³/mol. The Bertz CT molecular complexity index is 614. The van der Waals surface area contributed by atoms with Gasteiger partial charge in [-0.05, 0) is 38.8 Å². The number of ether oxygens (including phenoxy) is 1. The number of nitrogens with zero attached hydrogens (tertiary/aromatic N) is 1. The van der Waals surface area contributed by atoms with Gasteiger partial charge in [-0.25, -0.2) is 8.42 Å². The lowest BCUT2D eigenvalue weighted by Crippen LogP contribution is -2.49. The van der Waals surface area contributed by atoms with Gasteiger partial charge in [-0.2, -0.15) is 0 Å². The van der Waals surface area contributed by atoms with E-state index in [-0.39, 0.29) is 5.91 Å². The second-order valence-corrected chi connectivity index (χ2v) is 7.52. The van der Waals surface area contributed by atoms with Crippen molar-refractivity contribution in [1.82, 2.24) is 5.32 Å². The normalized spacial score (nSPS) is 12.7. The van der Waals surface area contributed by atoms with Gasteiger partial charge in [0, 0.05) is 19.8 Å². The molecule has 0 radical (unpaired) electrons. The van der Waals surface area contributed by atoms with E-state index in [2.05, 4.69) is 5.32 Å². The molecule has 1 N–H and O–H groups in total. The van der Waals surface area contributed by atoms with Crippen LogP contribution in [0, 0.1) is 6.92 Å². The lowest BCUT2D eigenvalue weighted by atomic mass is 10.1. The molecule has 1 rings (SSSR count). The van der Waals surface area contributed by atoms with Crippen LogP contribution in [0.3, 0.4) is 0 Å². The van der Waals surface area contributed by atoms with Crippen LogP contribution >= 0.6 is 0 Å². The van der Waals surface area contributed by atoms with Crippen LogP contribution in [0.1, 0.15) is 32.3 Å². The summed E-state index contributed by atoms with van der Waals surface area (Å²) in [7, 11) is -3.58. The number of carbonyl (C=O) groups is 1. The van der Waals surface area contributed by atoms with Crippen molar-refractivity contribution >= 4 is 21.6 Å². The lowest BCUT2D eigenvalue weighted by molar-refractivity contribution is -0.122. The van der Waals surface area contributed by atoms with Gasteiger partial charge in [0.05, 0.1) is 11.9 Å². The molecule has 0 bridgehead atoms. The number of nitrogens with one attached hydrogen (secondary N) is 1. The molecule has 0 aromatic heterocycles. The number of hydrogen-bond acceptors (Lipinski definition) is 4. The molecule has 24 heavy (non-hydrogen) atoms. The smallest absolute Gasteiger partial charge is 0.243 e. The van der Waals surface area contributed by atoms with Crippen molar-refractivity contribution in [1.29, 1.82) is 0 Å². The summed E-state index contributed by atoms with van der Waals surface area (Å²) in [5, 5.41) is 2.80. The second kappa shape index (κ2) is 9.64. The monoisotopic (exact) mass is 356 g/mol. The van der Waals surface area contributed by atoms with Gasteiger partial charge in [0.1, 0.15) is 6.04 Å². The van der Waals surface area contributed by atoms with E-state index in [4.69, 9.17) is 4.74 Å². The van der Waals surface area contributed by atoms with E-state index >= 15 is 0 Å². The van der Waals surface area contributed by atoms with E-state index in [0.29, 0.717) is 38.3 Å². The summed E-state index contributed by atoms with van der Waals surface area (Å²) in [6, 6.07) is 6.35. The minimum absolute atomic E-state index is 0.292. The maximum atomic E-state index is 12.5. The van der Waals surface area contributed by atoms with Gasteiger partial charge < -0.3 is 10.1 Å². The molecule has 0 aliphatic heterocycles. The molecule has 1 aromatic carbocycles. The summed E-state index contributed by atoms with van der Waals surface area (Å²) in [6.45, 7) is 7.31. The van der Waals surface area contributed by atoms with E-state index in [1.807, 2.05) is 26.0 Å². The number of carbonyl (C=O) groups excluding carboxylic acids is 1. The zero-order chi connectivity index (χ0) is 18.2. The van der Waals surface area contributed by atoms with Crippen LogP contribution < -0.4 is 9.62 Å². The Morgan fingerprint density at radius 1 is 1.25 bits per heavy atom. The van der Waals surface area contributed by atoms with Gasteiger partial charge in [0.25, 0.3) is 0 Å². The third-order valence-electron chi connectivity index (χ3n) is 3.59. The van der Waals surface area contributed by atoms with Crippen molar-refractivity contribution in [2.75, 3.05) is 30.3 Å². The van der Waals surface area contributed by atoms with Crippen molar-refractivity contribution in [3.05, 3.63) is 29.8 Å². The van der Waals surface area contributed by atoms with Gasteiger partial charge in [0.15, 0.2) is 0 Å². The quantitative estimate of drug-likeness (QED) is 0.651. The maximum Gasteiger partial charge on any atom is 0.243 e. The number of hydrogen-bond donors (Lipinski definition) is 1. The first-order chi connectivity index (χ1) is 11.3. The standard InChI is InChI=1S/C17H28N2O4S/c1-5-16(17(20)18-12-7-13-23-6-2)19(24(4,21)22)15-10-8-14(3)9-11-15/h8-11,16H,5-7,12-13H2,1-4H3,(H,18,20). The van der Waals surface area contributed by atoms with Crippen molar-refractivity contribution in [2.24, 2.45) is 0 Å². The minimum Gasteiger partial charge on any atom is -0.382 e. The van der Waals surface area contributed by atoms with Crippen LogP contribution in [0.5, 0.6) is 0 Å². The summed E-state index contributed by atoms with van der Waals surface area (Å²) in [5.74, 6) is -0.292. The Kier molecular flexibility index (Phi) is 8.21. The highest BCUT2D eigenvalue weighted by Gasteiger charge is 2.31. The number of benzene rings is 1. The van der Waals surface area contributed by atoms with E-state index in [0.717, 1.165) is 11.8 Å². The Balaban J connectivity index is 2.90. The summed E-state index contributed by atoms with van der Waals surface area (Å²) in [5.41, 5.74) is 1.53. The van der Waals surface area contributed by atoms with E-state index in [1.165, 1.54) is 4.31 Å². The number of anilines is 1. The van der Waals surface area contributed by atoms with Crippen molar-refractivity contribution < 1.29 is 17.9 Å². The third kappa shape index (κ3) is 6.13. The summed E-state index contributed by atoms with van der Waals surface area (Å²) in [4.78, 5) is 12.5. The third-order valence-corrected chi connectivity index (χ3v) is 4.77. The predicted octanol–water partition coefficient (Wildman–Crippen LogP) is 2.08. The molecule has 7 heteroatoms. The van der Waals surface area contributed by atoms with E-state index in [1.54, 1.807) is 19.1 Å². The highest BCUT2D eigenvalue weighted by molar-refractivity contribution is 7.92. The van der Waals surface area contributed by atoms with Crippen LogP contribution in [0.15, 0.2) is 24.3 Å². The fraction of sp³-hybridized carbons (Fsp3) is 0.588. The number of rotatable bonds is 10. The Labute approximate surface area is 145 Å². The van der Waals surface area contributed by atoms with Crippen molar-refractivity contribution in [3.63, 3.8) is 0 Å². The molecule has 1 unspecified atom stereocenters. The van der Waals surface area contributed by atoms with Gasteiger partial charge in [-0.3, -0.25) is 9.10 Å². The summed E-state index contributed by atoms with van der Waals surface area (Å²) in [6.07, 6.45) is 2.20. The Hall–Kier alpha value is -1.60. The minimum atomic E-state index is -3.58. The molecule has 0 saturated heterocycles. The number of sulfonamides is 1. The zero-order valence-corrected chi connectivity index (χ0v) is 15.7. The molecule has 0 heterocycles. The highest BCUT2D eigenvalue weighted by atomic mass is 32.2. The maximum absolute atomic E-state index is 12.5. The first-order valence-corrected chi connectivity index (χ1v) is 10.1. The molecule has 1 amide bonds. The van der Waals surface area contributed by atoms with Gasteiger partial charge in [-0.1, -0.05) is 24.6 Å². The lowest BCUT2D eigenvalue weighted by Gasteiger charge is -2.30. The molecule has 0 spiro atoms. The topological polar surface area (TPSA) is 75.7 Å². The number of amides is 1. The fourth-order valence-electron chi connectivity index (χ4n) is 2.40. The SMILES string of the molecule is CCOCCCNC(=O)C(CC)N(c1ccc(C)cc1)S(C)(=O)=O. The highest BCUT2D eigenvalue weighted by Crippen LogP contribution is 2.22. The Morgan fingerprint density at radius 3 is 2.38 bits per heavy atom. The first kappa shape index (κ1) is 20.4. The Morgan fingerprint density at radius 2 is 1.88 bits per heavy atom. The van der Waals surface area contributed by atoms with Crippen LogP contribution in [0.25, 0.3) is 0 Å². The van der Waals surface area contributed by atoms with Crippen LogP contribution in [-0.4, -0.2) is 46.4 Å². The van der Waals surface area contributed by atoms with E-state index in [9.17, 15) is 13.2 Å². The molecule has 1 aromatic rings. The zero-order valence-electron chi connectivity index (χ0n) is 14.9. The fourth-order valence-corrected chi connectivity index (χ4v) is 3.61. The van der Waals surface area contributed by atoms with Crippen molar-refractivity contribution in [3.8, 4) is 0 Å². The molecule has 0 fully saturated rings. The average Bonchev–Trinajstić information content (AvgIpc) is 2.52. The molecule has 136 valence electrons. The molecule has 0 saturated carbocycles. The first-order valence-electron chi connectivity index (χ1n) is 8.22. The molecule has 0 aliphatic carbocycles. The largest absolute Gasteiger partial charge is 0.382 e. The van der Waals surface area contributed by atoms with Gasteiger partial charge in [-0.15, -0.1) is 0 Å². The van der Waals surface area contributed by atoms with Crippen molar-refractivity contribution in [2.45, 2.75) is 39.7 Å². The van der Waals surface area contributed by atoms with Crippen LogP contribution in [-0.2, 0) is 19.6 Å². The number of aryl methyl sites for hydroxylation is 1. The summed E-state index contributed by atoms with van der Waals surface area (Å²) < 4.78 is 31.0. The molecule has 6 nitrogen and oxygen atoms in total. The summed E-state index contributed by atoms with van der Waals surface area (Å²) >= 11 is 0. The molecule has 0 aliphatic rings. The average molecular weight is 356 g/mol. The molecular formula is C17H28N2O4S. The van der Waals surface area contributed by atoms with Crippen LogP contribution in [0.2, 0.25) is 0 Å².